The zero-order valence-electron chi connectivity index (χ0n) is 11.4. The standard InChI is InChI=1S/C16H19NOS/c1-16(2)9-13-8-12(5-6-15(13)18-16)10-17-11-14-4-3-7-19-14/h3-8,17H,9-11H2,1-2H3. The van der Waals surface area contributed by atoms with Gasteiger partial charge in [-0.25, -0.2) is 0 Å². The van der Waals surface area contributed by atoms with E-state index in [0.29, 0.717) is 0 Å². The molecule has 1 aliphatic rings. The maximum absolute atomic E-state index is 5.89. The normalized spacial score (nSPS) is 16.1. The summed E-state index contributed by atoms with van der Waals surface area (Å²) in [5, 5.41) is 5.60. The summed E-state index contributed by atoms with van der Waals surface area (Å²) in [7, 11) is 0. The van der Waals surface area contributed by atoms with Crippen LogP contribution >= 0.6 is 11.3 Å². The fourth-order valence-corrected chi connectivity index (χ4v) is 3.19. The molecule has 3 heteroatoms. The smallest absolute Gasteiger partial charge is 0.123 e. The minimum Gasteiger partial charge on any atom is -0.487 e. The summed E-state index contributed by atoms with van der Waals surface area (Å²) in [6.45, 7) is 6.13. The Balaban J connectivity index is 1.61. The molecule has 0 unspecified atom stereocenters. The van der Waals surface area contributed by atoms with Crippen molar-refractivity contribution in [3.05, 3.63) is 51.7 Å². The second kappa shape index (κ2) is 4.99. The summed E-state index contributed by atoms with van der Waals surface area (Å²) in [6.07, 6.45) is 1.00. The van der Waals surface area contributed by atoms with E-state index >= 15 is 0 Å². The van der Waals surface area contributed by atoms with Crippen LogP contribution in [0.5, 0.6) is 5.75 Å². The summed E-state index contributed by atoms with van der Waals surface area (Å²) < 4.78 is 5.89. The first-order chi connectivity index (χ1) is 9.12. The molecule has 0 spiro atoms. The minimum absolute atomic E-state index is 0.0502. The molecule has 0 radical (unpaired) electrons. The summed E-state index contributed by atoms with van der Waals surface area (Å²) in [4.78, 5) is 1.38. The van der Waals surface area contributed by atoms with Crippen LogP contribution in [0.4, 0.5) is 0 Å². The molecule has 0 aliphatic carbocycles. The van der Waals surface area contributed by atoms with Crippen molar-refractivity contribution >= 4 is 11.3 Å². The summed E-state index contributed by atoms with van der Waals surface area (Å²) in [6, 6.07) is 10.8. The van der Waals surface area contributed by atoms with Crippen LogP contribution in [0.1, 0.15) is 29.9 Å². The quantitative estimate of drug-likeness (QED) is 0.916. The topological polar surface area (TPSA) is 21.3 Å². The zero-order chi connectivity index (χ0) is 13.3. The Morgan fingerprint density at radius 2 is 2.16 bits per heavy atom. The van der Waals surface area contributed by atoms with E-state index in [9.17, 15) is 0 Å². The highest BCUT2D eigenvalue weighted by Gasteiger charge is 2.29. The molecule has 1 aromatic heterocycles. The molecule has 100 valence electrons. The van der Waals surface area contributed by atoms with E-state index in [0.717, 1.165) is 25.3 Å². The molecule has 1 aromatic carbocycles. The van der Waals surface area contributed by atoms with Crippen LogP contribution in [0.3, 0.4) is 0 Å². The highest BCUT2D eigenvalue weighted by atomic mass is 32.1. The van der Waals surface area contributed by atoms with Gasteiger partial charge in [-0.2, -0.15) is 0 Å². The van der Waals surface area contributed by atoms with Crippen molar-refractivity contribution in [2.24, 2.45) is 0 Å². The van der Waals surface area contributed by atoms with E-state index in [1.165, 1.54) is 16.0 Å². The number of nitrogens with one attached hydrogen (secondary N) is 1. The minimum atomic E-state index is -0.0502. The number of thiophene rings is 1. The van der Waals surface area contributed by atoms with Gasteiger partial charge in [-0.05, 0) is 42.5 Å². The summed E-state index contributed by atoms with van der Waals surface area (Å²) in [5.74, 6) is 1.05. The third-order valence-electron chi connectivity index (χ3n) is 3.34. The van der Waals surface area contributed by atoms with E-state index in [2.05, 4.69) is 54.9 Å². The largest absolute Gasteiger partial charge is 0.487 e. The maximum Gasteiger partial charge on any atom is 0.123 e. The second-order valence-corrected chi connectivity index (χ2v) is 6.70. The number of hydrogen-bond donors (Lipinski definition) is 1. The highest BCUT2D eigenvalue weighted by Crippen LogP contribution is 2.35. The van der Waals surface area contributed by atoms with Gasteiger partial charge in [0.1, 0.15) is 11.4 Å². The lowest BCUT2D eigenvalue weighted by atomic mass is 10.0. The van der Waals surface area contributed by atoms with Gasteiger partial charge in [-0.15, -0.1) is 11.3 Å². The molecule has 1 N–H and O–H groups in total. The van der Waals surface area contributed by atoms with Crippen LogP contribution in [-0.4, -0.2) is 5.60 Å². The van der Waals surface area contributed by atoms with E-state index in [-0.39, 0.29) is 5.60 Å². The molecular weight excluding hydrogens is 254 g/mol. The summed E-state index contributed by atoms with van der Waals surface area (Å²) in [5.41, 5.74) is 2.61. The lowest BCUT2D eigenvalue weighted by molar-refractivity contribution is 0.138. The Labute approximate surface area is 118 Å². The maximum atomic E-state index is 5.89. The van der Waals surface area contributed by atoms with Crippen molar-refractivity contribution in [3.8, 4) is 5.75 Å². The summed E-state index contributed by atoms with van der Waals surface area (Å²) >= 11 is 1.80. The van der Waals surface area contributed by atoms with E-state index in [4.69, 9.17) is 4.74 Å². The molecule has 0 amide bonds. The van der Waals surface area contributed by atoms with Crippen molar-refractivity contribution in [2.45, 2.75) is 39.0 Å². The van der Waals surface area contributed by atoms with Gasteiger partial charge in [0.15, 0.2) is 0 Å². The first kappa shape index (κ1) is 12.7. The molecule has 2 aromatic rings. The average Bonchev–Trinajstić information content (AvgIpc) is 2.94. The van der Waals surface area contributed by atoms with Crippen LogP contribution in [0.25, 0.3) is 0 Å². The molecule has 0 atom stereocenters. The van der Waals surface area contributed by atoms with Gasteiger partial charge in [0.2, 0.25) is 0 Å². The van der Waals surface area contributed by atoms with Gasteiger partial charge < -0.3 is 10.1 Å². The van der Waals surface area contributed by atoms with Crippen molar-refractivity contribution in [3.63, 3.8) is 0 Å². The molecule has 2 nitrogen and oxygen atoms in total. The molecule has 3 rings (SSSR count). The zero-order valence-corrected chi connectivity index (χ0v) is 12.2. The van der Waals surface area contributed by atoms with Gasteiger partial charge in [0.25, 0.3) is 0 Å². The number of ether oxygens (including phenoxy) is 1. The van der Waals surface area contributed by atoms with Crippen molar-refractivity contribution in [2.75, 3.05) is 0 Å². The van der Waals surface area contributed by atoms with Crippen LogP contribution in [0.2, 0.25) is 0 Å². The number of rotatable bonds is 4. The van der Waals surface area contributed by atoms with Crippen LogP contribution in [0, 0.1) is 0 Å². The molecule has 19 heavy (non-hydrogen) atoms. The van der Waals surface area contributed by atoms with Gasteiger partial charge >= 0.3 is 0 Å². The predicted octanol–water partition coefficient (Wildman–Crippen LogP) is 3.75. The van der Waals surface area contributed by atoms with Gasteiger partial charge in [-0.3, -0.25) is 0 Å². The Bertz CT molecular complexity index is 560. The molecule has 0 saturated heterocycles. The fraction of sp³-hybridized carbons (Fsp3) is 0.375. The SMILES string of the molecule is CC1(C)Cc2cc(CNCc3cccs3)ccc2O1. The van der Waals surface area contributed by atoms with Crippen LogP contribution in [-0.2, 0) is 19.5 Å². The van der Waals surface area contributed by atoms with E-state index in [1.807, 2.05) is 0 Å². The first-order valence-electron chi connectivity index (χ1n) is 6.66. The van der Waals surface area contributed by atoms with Gasteiger partial charge in [0, 0.05) is 24.4 Å². The second-order valence-electron chi connectivity index (χ2n) is 5.66. The Hall–Kier alpha value is -1.32. The predicted molar refractivity (Wildman–Crippen MR) is 79.7 cm³/mol. The van der Waals surface area contributed by atoms with E-state index in [1.54, 1.807) is 11.3 Å². The lowest BCUT2D eigenvalue weighted by Gasteiger charge is -2.16. The third kappa shape index (κ3) is 2.99. The molecular formula is C16H19NOS. The van der Waals surface area contributed by atoms with Crippen molar-refractivity contribution in [1.29, 1.82) is 0 Å². The Morgan fingerprint density at radius 1 is 1.26 bits per heavy atom. The monoisotopic (exact) mass is 273 g/mol. The van der Waals surface area contributed by atoms with E-state index < -0.39 is 0 Å². The first-order valence-corrected chi connectivity index (χ1v) is 7.54. The number of fused-ring (bicyclic) bond motifs is 1. The average molecular weight is 273 g/mol. The third-order valence-corrected chi connectivity index (χ3v) is 4.21. The lowest BCUT2D eigenvalue weighted by Crippen LogP contribution is -2.24. The van der Waals surface area contributed by atoms with Gasteiger partial charge in [-0.1, -0.05) is 18.2 Å². The molecule has 0 saturated carbocycles. The molecule has 0 fully saturated rings. The Morgan fingerprint density at radius 3 is 2.95 bits per heavy atom. The number of hydrogen-bond acceptors (Lipinski definition) is 3. The van der Waals surface area contributed by atoms with Crippen LogP contribution in [0.15, 0.2) is 35.7 Å². The number of benzene rings is 1. The fourth-order valence-electron chi connectivity index (χ4n) is 2.52. The Kier molecular flexibility index (Phi) is 3.33. The van der Waals surface area contributed by atoms with Crippen LogP contribution < -0.4 is 10.1 Å². The molecule has 1 aliphatic heterocycles. The molecule has 2 heterocycles. The van der Waals surface area contributed by atoms with Gasteiger partial charge in [0.05, 0.1) is 0 Å². The highest BCUT2D eigenvalue weighted by molar-refractivity contribution is 7.09. The van der Waals surface area contributed by atoms with Crippen molar-refractivity contribution in [1.82, 2.24) is 5.32 Å². The molecule has 0 bridgehead atoms. The van der Waals surface area contributed by atoms with Crippen molar-refractivity contribution < 1.29 is 4.74 Å².